The maximum absolute atomic E-state index is 13.3. The van der Waals surface area contributed by atoms with Crippen LogP contribution in [0.25, 0.3) is 5.69 Å². The molecule has 170 valence electrons. The Labute approximate surface area is 190 Å². The number of carbonyl (C=O) groups is 2. The molecule has 0 fully saturated rings. The number of benzene rings is 1. The van der Waals surface area contributed by atoms with Gasteiger partial charge >= 0.3 is 5.97 Å². The molecule has 2 heterocycles. The number of hydrogen-bond donors (Lipinski definition) is 0. The van der Waals surface area contributed by atoms with Crippen molar-refractivity contribution in [3.05, 3.63) is 65.0 Å². The van der Waals surface area contributed by atoms with Gasteiger partial charge in [-0.2, -0.15) is 0 Å². The minimum absolute atomic E-state index is 0.166. The second-order valence-corrected chi connectivity index (χ2v) is 8.00. The van der Waals surface area contributed by atoms with E-state index < -0.39 is 5.97 Å². The molecule has 0 N–H and O–H groups in total. The van der Waals surface area contributed by atoms with Crippen LogP contribution in [0.4, 0.5) is 4.39 Å². The fourth-order valence-electron chi connectivity index (χ4n) is 3.54. The maximum Gasteiger partial charge on any atom is 0.357 e. The van der Waals surface area contributed by atoms with Gasteiger partial charge in [0.2, 0.25) is 5.78 Å². The monoisotopic (exact) mass is 459 g/mol. The van der Waals surface area contributed by atoms with Crippen LogP contribution in [0.5, 0.6) is 0 Å². The Morgan fingerprint density at radius 3 is 2.56 bits per heavy atom. The minimum Gasteiger partial charge on any atom is -0.453 e. The summed E-state index contributed by atoms with van der Waals surface area (Å²) < 4.78 is 27.4. The molecule has 0 amide bonds. The van der Waals surface area contributed by atoms with Crippen LogP contribution in [-0.4, -0.2) is 52.5 Å². The van der Waals surface area contributed by atoms with Crippen molar-refractivity contribution in [2.45, 2.75) is 32.0 Å². The van der Waals surface area contributed by atoms with E-state index in [2.05, 4.69) is 9.55 Å². The van der Waals surface area contributed by atoms with Gasteiger partial charge in [0.05, 0.1) is 6.20 Å². The lowest BCUT2D eigenvalue weighted by Gasteiger charge is -2.11. The van der Waals surface area contributed by atoms with E-state index in [9.17, 15) is 14.0 Å². The number of halogens is 1. The summed E-state index contributed by atoms with van der Waals surface area (Å²) in [5.41, 5.74) is 3.07. The first-order chi connectivity index (χ1) is 15.4. The SMILES string of the molecule is COCCCn1c(C)cc(C(=O)COC(=O)c2cnc(SC)n2-c2ccc(F)cc2)c1C. The number of esters is 1. The van der Waals surface area contributed by atoms with E-state index in [1.807, 2.05) is 26.2 Å². The van der Waals surface area contributed by atoms with E-state index in [1.165, 1.54) is 30.1 Å². The molecule has 32 heavy (non-hydrogen) atoms. The Morgan fingerprint density at radius 1 is 1.19 bits per heavy atom. The van der Waals surface area contributed by atoms with Crippen molar-refractivity contribution >= 4 is 23.5 Å². The third-order valence-corrected chi connectivity index (χ3v) is 5.80. The predicted octanol–water partition coefficient (Wildman–Crippen LogP) is 4.23. The summed E-state index contributed by atoms with van der Waals surface area (Å²) in [4.78, 5) is 29.8. The number of Topliss-reactive ketones (excluding diaryl/α,β-unsaturated/α-hetero) is 1. The number of ether oxygens (including phenoxy) is 2. The first kappa shape index (κ1) is 23.7. The zero-order chi connectivity index (χ0) is 23.3. The van der Waals surface area contributed by atoms with E-state index in [-0.39, 0.29) is 23.9 Å². The molecule has 7 nitrogen and oxygen atoms in total. The Hall–Kier alpha value is -2.91. The molecule has 0 bridgehead atoms. The molecular weight excluding hydrogens is 433 g/mol. The molecule has 0 aliphatic rings. The number of methoxy groups -OCH3 is 1. The van der Waals surface area contributed by atoms with E-state index in [0.29, 0.717) is 23.0 Å². The van der Waals surface area contributed by atoms with E-state index >= 15 is 0 Å². The van der Waals surface area contributed by atoms with Crippen molar-refractivity contribution in [2.24, 2.45) is 0 Å². The Morgan fingerprint density at radius 2 is 1.91 bits per heavy atom. The van der Waals surface area contributed by atoms with Crippen LogP contribution >= 0.6 is 11.8 Å². The molecule has 9 heteroatoms. The van der Waals surface area contributed by atoms with Crippen LogP contribution < -0.4 is 0 Å². The van der Waals surface area contributed by atoms with Crippen LogP contribution in [0.15, 0.2) is 41.7 Å². The average molecular weight is 460 g/mol. The third-order valence-electron chi connectivity index (χ3n) is 5.14. The number of nitrogens with zero attached hydrogens (tertiary/aromatic N) is 3. The van der Waals surface area contributed by atoms with Crippen LogP contribution in [0.1, 0.15) is 38.7 Å². The third kappa shape index (κ3) is 5.11. The predicted molar refractivity (Wildman–Crippen MR) is 120 cm³/mol. The van der Waals surface area contributed by atoms with Gasteiger partial charge in [0.15, 0.2) is 17.5 Å². The molecule has 0 unspecified atom stereocenters. The van der Waals surface area contributed by atoms with Crippen molar-refractivity contribution in [3.63, 3.8) is 0 Å². The molecule has 0 spiro atoms. The molecular formula is C23H26FN3O4S. The highest BCUT2D eigenvalue weighted by atomic mass is 32.2. The highest BCUT2D eigenvalue weighted by Gasteiger charge is 2.22. The lowest BCUT2D eigenvalue weighted by molar-refractivity contribution is 0.0466. The lowest BCUT2D eigenvalue weighted by Crippen LogP contribution is -2.17. The van der Waals surface area contributed by atoms with Gasteiger partial charge in [-0.25, -0.2) is 14.2 Å². The van der Waals surface area contributed by atoms with E-state index in [4.69, 9.17) is 9.47 Å². The number of thioether (sulfide) groups is 1. The fraction of sp³-hybridized carbons (Fsp3) is 0.348. The summed E-state index contributed by atoms with van der Waals surface area (Å²) in [6.07, 6.45) is 4.05. The molecule has 0 aliphatic heterocycles. The summed E-state index contributed by atoms with van der Waals surface area (Å²) in [6.45, 7) is 4.81. The van der Waals surface area contributed by atoms with Gasteiger partial charge in [-0.3, -0.25) is 9.36 Å². The van der Waals surface area contributed by atoms with Gasteiger partial charge in [-0.15, -0.1) is 0 Å². The zero-order valence-electron chi connectivity index (χ0n) is 18.6. The van der Waals surface area contributed by atoms with Crippen molar-refractivity contribution in [1.29, 1.82) is 0 Å². The number of carbonyl (C=O) groups excluding carboxylic acids is 2. The van der Waals surface area contributed by atoms with Gasteiger partial charge in [0, 0.05) is 42.9 Å². The summed E-state index contributed by atoms with van der Waals surface area (Å²) in [7, 11) is 1.66. The molecule has 1 aromatic carbocycles. The van der Waals surface area contributed by atoms with Crippen molar-refractivity contribution in [3.8, 4) is 5.69 Å². The standard InChI is InChI=1S/C23H26FN3O4S/c1-15-12-19(16(2)26(15)10-5-11-30-3)21(28)14-31-22(29)20-13-25-23(32-4)27(20)18-8-6-17(24)7-9-18/h6-9,12-13H,5,10-11,14H2,1-4H3. The molecule has 3 rings (SSSR count). The van der Waals surface area contributed by atoms with Gasteiger partial charge in [0.1, 0.15) is 5.82 Å². The topological polar surface area (TPSA) is 75.3 Å². The van der Waals surface area contributed by atoms with Gasteiger partial charge in [-0.1, -0.05) is 11.8 Å². The summed E-state index contributed by atoms with van der Waals surface area (Å²) in [6, 6.07) is 7.53. The molecule has 0 atom stereocenters. The smallest absolute Gasteiger partial charge is 0.357 e. The minimum atomic E-state index is -0.677. The lowest BCUT2D eigenvalue weighted by atomic mass is 10.1. The molecule has 0 saturated heterocycles. The van der Waals surface area contributed by atoms with Gasteiger partial charge in [-0.05, 0) is 56.9 Å². The average Bonchev–Trinajstić information content (AvgIpc) is 3.34. The summed E-state index contributed by atoms with van der Waals surface area (Å²) >= 11 is 1.34. The van der Waals surface area contributed by atoms with Crippen molar-refractivity contribution in [1.82, 2.24) is 14.1 Å². The largest absolute Gasteiger partial charge is 0.453 e. The van der Waals surface area contributed by atoms with Gasteiger partial charge in [0.25, 0.3) is 0 Å². The maximum atomic E-state index is 13.3. The molecule has 3 aromatic rings. The first-order valence-corrected chi connectivity index (χ1v) is 11.3. The summed E-state index contributed by atoms with van der Waals surface area (Å²) in [5, 5.41) is 0.550. The quantitative estimate of drug-likeness (QED) is 0.196. The van der Waals surface area contributed by atoms with Crippen molar-refractivity contribution < 1.29 is 23.5 Å². The number of ketones is 1. The number of aryl methyl sites for hydroxylation is 1. The summed E-state index contributed by atoms with van der Waals surface area (Å²) in [5.74, 6) is -1.33. The van der Waals surface area contributed by atoms with Crippen molar-refractivity contribution in [2.75, 3.05) is 26.6 Å². The zero-order valence-corrected chi connectivity index (χ0v) is 19.4. The number of imidazole rings is 1. The normalized spacial score (nSPS) is 11.0. The molecule has 0 aliphatic carbocycles. The van der Waals surface area contributed by atoms with Crippen LogP contribution in [0.3, 0.4) is 0 Å². The Kier molecular flexibility index (Phi) is 7.87. The highest BCUT2D eigenvalue weighted by Crippen LogP contribution is 2.23. The second kappa shape index (κ2) is 10.6. The first-order valence-electron chi connectivity index (χ1n) is 10.1. The molecule has 0 radical (unpaired) electrons. The Bertz CT molecular complexity index is 1110. The number of rotatable bonds is 10. The van der Waals surface area contributed by atoms with Crippen LogP contribution in [0, 0.1) is 19.7 Å². The molecule has 0 saturated carbocycles. The Balaban J connectivity index is 1.74. The number of aromatic nitrogens is 3. The highest BCUT2D eigenvalue weighted by molar-refractivity contribution is 7.98. The van der Waals surface area contributed by atoms with E-state index in [0.717, 1.165) is 24.4 Å². The van der Waals surface area contributed by atoms with Gasteiger partial charge < -0.3 is 14.0 Å². The van der Waals surface area contributed by atoms with Crippen LogP contribution in [0.2, 0.25) is 0 Å². The second-order valence-electron chi connectivity index (χ2n) is 7.22. The molecule has 2 aromatic heterocycles. The fourth-order valence-corrected chi connectivity index (χ4v) is 4.08. The van der Waals surface area contributed by atoms with E-state index in [1.54, 1.807) is 23.8 Å². The number of hydrogen-bond acceptors (Lipinski definition) is 6. The van der Waals surface area contributed by atoms with Crippen LogP contribution in [-0.2, 0) is 16.0 Å².